The largest absolute Gasteiger partial charge is 0.455 e. The van der Waals surface area contributed by atoms with Gasteiger partial charge in [-0.05, 0) is 49.4 Å². The lowest BCUT2D eigenvalue weighted by Crippen LogP contribution is -2.32. The summed E-state index contributed by atoms with van der Waals surface area (Å²) in [5.74, 6) is -1.02. The molecular weight excluding hydrogens is 464 g/mol. The van der Waals surface area contributed by atoms with Gasteiger partial charge in [0.05, 0.1) is 21.0 Å². The van der Waals surface area contributed by atoms with Crippen molar-refractivity contribution in [1.29, 1.82) is 0 Å². The molecule has 1 heterocycles. The van der Waals surface area contributed by atoms with Crippen LogP contribution in [-0.4, -0.2) is 44.3 Å². The zero-order chi connectivity index (χ0) is 23.5. The number of hydrogen-bond donors (Lipinski definition) is 1. The number of ether oxygens (including phenoxy) is 1. The molecule has 33 heavy (non-hydrogen) atoms. The molecule has 2 fully saturated rings. The number of nitrogens with one attached hydrogen (secondary N) is 1. The number of sulfonamides is 1. The van der Waals surface area contributed by atoms with Crippen LogP contribution in [0.25, 0.3) is 0 Å². The molecule has 2 aliphatic rings. The van der Waals surface area contributed by atoms with Crippen molar-refractivity contribution in [3.05, 3.63) is 59.1 Å². The zero-order valence-electron chi connectivity index (χ0n) is 18.3. The maximum absolute atomic E-state index is 13.1. The predicted octanol–water partition coefficient (Wildman–Crippen LogP) is 4.12. The molecule has 1 amide bonds. The number of esters is 1. The third-order valence-corrected chi connectivity index (χ3v) is 8.44. The van der Waals surface area contributed by atoms with Crippen LogP contribution in [0, 0.1) is 0 Å². The molecule has 1 aliphatic heterocycles. The summed E-state index contributed by atoms with van der Waals surface area (Å²) >= 11 is 6.20. The Morgan fingerprint density at radius 2 is 1.67 bits per heavy atom. The molecule has 7 nitrogen and oxygen atoms in total. The fraction of sp³-hybridized carbons (Fsp3) is 0.417. The highest BCUT2D eigenvalue weighted by atomic mass is 35.5. The third-order valence-electron chi connectivity index (χ3n) is 6.22. The molecule has 9 heteroatoms. The molecule has 176 valence electrons. The van der Waals surface area contributed by atoms with Gasteiger partial charge in [0.2, 0.25) is 10.0 Å². The van der Waals surface area contributed by atoms with Gasteiger partial charge in [-0.15, -0.1) is 0 Å². The van der Waals surface area contributed by atoms with Gasteiger partial charge in [-0.25, -0.2) is 8.42 Å². The Balaban J connectivity index is 1.40. The Hall–Kier alpha value is -2.42. The Kier molecular flexibility index (Phi) is 7.07. The SMILES string of the molecule is O=C(COC(=O)C1(c2ccccc2)CC1)Nc1cc(S(=O)(=O)N2CCCCCC2)ccc1Cl. The van der Waals surface area contributed by atoms with Crippen LogP contribution in [0.2, 0.25) is 5.02 Å². The number of nitrogens with zero attached hydrogens (tertiary/aromatic N) is 1. The van der Waals surface area contributed by atoms with Crippen molar-refractivity contribution in [2.45, 2.75) is 48.8 Å². The second kappa shape index (κ2) is 9.83. The predicted molar refractivity (Wildman–Crippen MR) is 126 cm³/mol. The van der Waals surface area contributed by atoms with E-state index in [1.165, 1.54) is 22.5 Å². The highest BCUT2D eigenvalue weighted by molar-refractivity contribution is 7.89. The Morgan fingerprint density at radius 3 is 2.30 bits per heavy atom. The molecule has 1 saturated carbocycles. The lowest BCUT2D eigenvalue weighted by Gasteiger charge is -2.20. The van der Waals surface area contributed by atoms with Crippen molar-refractivity contribution in [2.75, 3.05) is 25.0 Å². The number of hydrogen-bond acceptors (Lipinski definition) is 5. The van der Waals surface area contributed by atoms with Crippen LogP contribution in [0.15, 0.2) is 53.4 Å². The summed E-state index contributed by atoms with van der Waals surface area (Å²) in [5, 5.41) is 2.78. The first kappa shape index (κ1) is 23.7. The van der Waals surface area contributed by atoms with E-state index in [1.807, 2.05) is 30.3 Å². The molecule has 1 saturated heterocycles. The molecule has 0 aromatic heterocycles. The molecule has 0 spiro atoms. The summed E-state index contributed by atoms with van der Waals surface area (Å²) in [7, 11) is -3.69. The Labute approximate surface area is 199 Å². The van der Waals surface area contributed by atoms with Crippen LogP contribution < -0.4 is 5.32 Å². The van der Waals surface area contributed by atoms with Crippen LogP contribution in [-0.2, 0) is 29.8 Å². The molecule has 1 N–H and O–H groups in total. The monoisotopic (exact) mass is 490 g/mol. The summed E-state index contributed by atoms with van der Waals surface area (Å²) in [5.41, 5.74) is 0.364. The van der Waals surface area contributed by atoms with E-state index in [0.717, 1.165) is 31.2 Å². The molecule has 0 unspecified atom stereocenters. The minimum Gasteiger partial charge on any atom is -0.455 e. The fourth-order valence-corrected chi connectivity index (χ4v) is 5.85. The van der Waals surface area contributed by atoms with Crippen LogP contribution in [0.4, 0.5) is 5.69 Å². The fourth-order valence-electron chi connectivity index (χ4n) is 4.14. The second-order valence-corrected chi connectivity index (χ2v) is 10.9. The summed E-state index contributed by atoms with van der Waals surface area (Å²) in [4.78, 5) is 25.2. The van der Waals surface area contributed by atoms with Gasteiger partial charge >= 0.3 is 5.97 Å². The van der Waals surface area contributed by atoms with Gasteiger partial charge in [-0.1, -0.05) is 54.8 Å². The van der Waals surface area contributed by atoms with Gasteiger partial charge in [0, 0.05) is 13.1 Å². The van der Waals surface area contributed by atoms with Crippen LogP contribution in [0.5, 0.6) is 0 Å². The standard InChI is InChI=1S/C24H27ClN2O5S/c25-20-11-10-19(33(30,31)27-14-6-1-2-7-15-27)16-21(20)26-22(28)17-32-23(29)24(12-13-24)18-8-4-3-5-9-18/h3-5,8-11,16H,1-2,6-7,12-15,17H2,(H,26,28). The molecule has 0 atom stereocenters. The average Bonchev–Trinajstić information content (AvgIpc) is 3.64. The van der Waals surface area contributed by atoms with Crippen molar-refractivity contribution in [3.8, 4) is 0 Å². The first-order valence-electron chi connectivity index (χ1n) is 11.2. The number of halogens is 1. The first-order valence-corrected chi connectivity index (χ1v) is 13.0. The minimum atomic E-state index is -3.69. The number of rotatable bonds is 7. The quantitative estimate of drug-likeness (QED) is 0.589. The summed E-state index contributed by atoms with van der Waals surface area (Å²) < 4.78 is 32.9. The first-order chi connectivity index (χ1) is 15.8. The number of benzene rings is 2. The molecular formula is C24H27ClN2O5S. The van der Waals surface area contributed by atoms with E-state index in [4.69, 9.17) is 16.3 Å². The number of carbonyl (C=O) groups is 2. The molecule has 1 aliphatic carbocycles. The van der Waals surface area contributed by atoms with E-state index >= 15 is 0 Å². The summed E-state index contributed by atoms with van der Waals surface area (Å²) in [6.45, 7) is 0.477. The van der Waals surface area contributed by atoms with Gasteiger partial charge in [0.1, 0.15) is 0 Å². The summed E-state index contributed by atoms with van der Waals surface area (Å²) in [6, 6.07) is 13.6. The molecule has 0 radical (unpaired) electrons. The van der Waals surface area contributed by atoms with Gasteiger partial charge < -0.3 is 10.1 Å². The van der Waals surface area contributed by atoms with E-state index in [-0.39, 0.29) is 15.6 Å². The third kappa shape index (κ3) is 5.23. The van der Waals surface area contributed by atoms with Crippen molar-refractivity contribution in [1.82, 2.24) is 4.31 Å². The maximum atomic E-state index is 13.1. The lowest BCUT2D eigenvalue weighted by molar-refractivity contribution is -0.150. The topological polar surface area (TPSA) is 92.8 Å². The van der Waals surface area contributed by atoms with Crippen LogP contribution >= 0.6 is 11.6 Å². The van der Waals surface area contributed by atoms with E-state index in [1.54, 1.807) is 0 Å². The van der Waals surface area contributed by atoms with Crippen molar-refractivity contribution in [3.63, 3.8) is 0 Å². The number of amides is 1. The molecule has 2 aromatic carbocycles. The highest BCUT2D eigenvalue weighted by Gasteiger charge is 2.52. The van der Waals surface area contributed by atoms with Crippen molar-refractivity contribution >= 4 is 39.2 Å². The number of anilines is 1. The molecule has 2 aromatic rings. The highest BCUT2D eigenvalue weighted by Crippen LogP contribution is 2.49. The molecule has 0 bridgehead atoms. The second-order valence-electron chi connectivity index (χ2n) is 8.53. The van der Waals surface area contributed by atoms with Gasteiger partial charge in [0.15, 0.2) is 6.61 Å². The average molecular weight is 491 g/mol. The lowest BCUT2D eigenvalue weighted by atomic mass is 9.96. The normalized spacial score (nSPS) is 18.2. The van der Waals surface area contributed by atoms with Crippen LogP contribution in [0.1, 0.15) is 44.1 Å². The smallest absolute Gasteiger partial charge is 0.317 e. The Bertz CT molecular complexity index is 1120. The van der Waals surface area contributed by atoms with Gasteiger partial charge in [-0.3, -0.25) is 9.59 Å². The van der Waals surface area contributed by atoms with Gasteiger partial charge in [0.25, 0.3) is 5.91 Å². The maximum Gasteiger partial charge on any atom is 0.317 e. The number of carbonyl (C=O) groups excluding carboxylic acids is 2. The van der Waals surface area contributed by atoms with E-state index in [9.17, 15) is 18.0 Å². The summed E-state index contributed by atoms with van der Waals surface area (Å²) in [6.07, 6.45) is 5.04. The van der Waals surface area contributed by atoms with E-state index in [0.29, 0.717) is 25.9 Å². The Morgan fingerprint density at radius 1 is 1.00 bits per heavy atom. The van der Waals surface area contributed by atoms with Gasteiger partial charge in [-0.2, -0.15) is 4.31 Å². The minimum absolute atomic E-state index is 0.0714. The zero-order valence-corrected chi connectivity index (χ0v) is 19.8. The van der Waals surface area contributed by atoms with Crippen molar-refractivity contribution < 1.29 is 22.7 Å². The van der Waals surface area contributed by atoms with Crippen LogP contribution in [0.3, 0.4) is 0 Å². The van der Waals surface area contributed by atoms with E-state index in [2.05, 4.69) is 5.32 Å². The van der Waals surface area contributed by atoms with E-state index < -0.39 is 33.9 Å². The molecule has 4 rings (SSSR count). The van der Waals surface area contributed by atoms with Crippen molar-refractivity contribution in [2.24, 2.45) is 0 Å².